The van der Waals surface area contributed by atoms with Crippen LogP contribution in [-0.4, -0.2) is 99.6 Å². The number of aliphatic hydroxyl groups is 1. The molecule has 4 aliphatic heterocycles. The zero-order chi connectivity index (χ0) is 35.7. The summed E-state index contributed by atoms with van der Waals surface area (Å²) in [4.78, 5) is 62.6. The van der Waals surface area contributed by atoms with Gasteiger partial charge in [-0.2, -0.15) is 0 Å². The van der Waals surface area contributed by atoms with Gasteiger partial charge in [0.15, 0.2) is 0 Å². The molecule has 1 aromatic carbocycles. The Labute approximate surface area is 291 Å². The molecular weight excluding hydrogens is 622 g/mol. The summed E-state index contributed by atoms with van der Waals surface area (Å²) in [5.74, 6) is -3.09. The van der Waals surface area contributed by atoms with Gasteiger partial charge in [0.2, 0.25) is 17.7 Å². The largest absolute Gasteiger partial charge is 0.455 e. The van der Waals surface area contributed by atoms with E-state index in [1.165, 1.54) is 0 Å². The van der Waals surface area contributed by atoms with E-state index < -0.39 is 53.2 Å². The average Bonchev–Trinajstić information content (AvgIpc) is 3.68. The molecule has 4 aliphatic rings. The Bertz CT molecular complexity index is 1450. The molecule has 0 radical (unpaired) electrons. The van der Waals surface area contributed by atoms with Crippen molar-refractivity contribution in [1.29, 1.82) is 0 Å². The number of benzene rings is 1. The van der Waals surface area contributed by atoms with Gasteiger partial charge in [0.1, 0.15) is 23.7 Å². The Morgan fingerprint density at radius 1 is 0.959 bits per heavy atom. The van der Waals surface area contributed by atoms with E-state index >= 15 is 4.79 Å². The second-order valence-corrected chi connectivity index (χ2v) is 16.0. The van der Waals surface area contributed by atoms with Gasteiger partial charge >= 0.3 is 5.97 Å². The molecule has 1 N–H and O–H groups in total. The molecule has 0 aliphatic carbocycles. The Kier molecular flexibility index (Phi) is 10.8. The number of allylic oxidation sites excluding steroid dienone is 1. The van der Waals surface area contributed by atoms with Crippen molar-refractivity contribution in [2.45, 2.75) is 115 Å². The lowest BCUT2D eigenvalue weighted by molar-refractivity contribution is -0.164. The second kappa shape index (κ2) is 14.4. The maximum atomic E-state index is 15.1. The number of amides is 3. The Hall–Kier alpha value is -3.50. The van der Waals surface area contributed by atoms with Gasteiger partial charge in [0.05, 0.1) is 18.1 Å². The zero-order valence-electron chi connectivity index (χ0n) is 30.3. The number of likely N-dealkylation sites (N-methyl/N-ethyl adjacent to an activating group) is 1. The molecule has 0 saturated carbocycles. The van der Waals surface area contributed by atoms with E-state index in [0.717, 1.165) is 5.56 Å². The number of carbonyl (C=O) groups is 4. The SMILES string of the molecule is C[C@@H]1[C@@H](c2ccccc2)OC(=O)[C@@H]2[C@@H]3C=C[C@]4(O3)[C@H](C(=O)N(C(C)(C)CC(C)(C)C)C/C=C\CCC(=O)N1C)N(CCCCCO)C(=O)[C@@H]24. The third-order valence-corrected chi connectivity index (χ3v) is 10.7. The number of hydrogen-bond donors (Lipinski definition) is 1. The quantitative estimate of drug-likeness (QED) is 0.238. The number of esters is 1. The van der Waals surface area contributed by atoms with E-state index in [0.29, 0.717) is 45.2 Å². The predicted octanol–water partition coefficient (Wildman–Crippen LogP) is 4.82. The van der Waals surface area contributed by atoms with Gasteiger partial charge in [-0.3, -0.25) is 19.2 Å². The lowest BCUT2D eigenvalue weighted by Crippen LogP contribution is -2.60. The number of aliphatic hydroxyl groups excluding tert-OH is 1. The van der Waals surface area contributed by atoms with Crippen LogP contribution in [0.5, 0.6) is 0 Å². The normalized spacial score (nSPS) is 31.8. The number of rotatable bonds is 8. The fourth-order valence-electron chi connectivity index (χ4n) is 8.61. The minimum Gasteiger partial charge on any atom is -0.455 e. The van der Waals surface area contributed by atoms with Crippen LogP contribution in [0.2, 0.25) is 0 Å². The number of fused-ring (bicyclic) bond motifs is 2. The predicted molar refractivity (Wildman–Crippen MR) is 186 cm³/mol. The van der Waals surface area contributed by atoms with Crippen molar-refractivity contribution in [3.8, 4) is 0 Å². The molecule has 10 nitrogen and oxygen atoms in total. The van der Waals surface area contributed by atoms with Gasteiger partial charge < -0.3 is 29.3 Å². The van der Waals surface area contributed by atoms with Crippen molar-refractivity contribution < 1.29 is 33.8 Å². The summed E-state index contributed by atoms with van der Waals surface area (Å²) in [6.45, 7) is 13.0. The molecule has 1 aromatic rings. The molecule has 0 unspecified atom stereocenters. The number of hydrogen-bond acceptors (Lipinski definition) is 7. The minimum atomic E-state index is -1.33. The van der Waals surface area contributed by atoms with Crippen LogP contribution in [0.1, 0.15) is 91.7 Å². The highest BCUT2D eigenvalue weighted by molar-refractivity contribution is 5.99. The van der Waals surface area contributed by atoms with E-state index in [9.17, 15) is 19.5 Å². The van der Waals surface area contributed by atoms with Gasteiger partial charge in [-0.05, 0) is 63.9 Å². The van der Waals surface area contributed by atoms with E-state index in [1.54, 1.807) is 22.9 Å². The summed E-state index contributed by atoms with van der Waals surface area (Å²) in [5.41, 5.74) is -1.29. The van der Waals surface area contributed by atoms with E-state index in [2.05, 4.69) is 34.6 Å². The molecule has 0 aromatic heterocycles. The van der Waals surface area contributed by atoms with Crippen LogP contribution in [-0.2, 0) is 28.7 Å². The molecule has 5 rings (SSSR count). The summed E-state index contributed by atoms with van der Waals surface area (Å²) in [6.07, 6.45) is 9.33. The molecule has 7 atom stereocenters. The third-order valence-electron chi connectivity index (χ3n) is 10.7. The van der Waals surface area contributed by atoms with Gasteiger partial charge in [0, 0.05) is 38.7 Å². The summed E-state index contributed by atoms with van der Waals surface area (Å²) in [5, 5.41) is 9.42. The maximum absolute atomic E-state index is 15.1. The van der Waals surface area contributed by atoms with Crippen LogP contribution in [0.3, 0.4) is 0 Å². The first-order chi connectivity index (χ1) is 23.1. The molecule has 10 heteroatoms. The van der Waals surface area contributed by atoms with Crippen molar-refractivity contribution >= 4 is 23.7 Å². The van der Waals surface area contributed by atoms with Crippen molar-refractivity contribution in [1.82, 2.24) is 14.7 Å². The highest BCUT2D eigenvalue weighted by Gasteiger charge is 2.73. The molecular formula is C39H55N3O7. The maximum Gasteiger partial charge on any atom is 0.313 e. The number of nitrogens with zero attached hydrogens (tertiary/aromatic N) is 3. The fourth-order valence-corrected chi connectivity index (χ4v) is 8.61. The van der Waals surface area contributed by atoms with Gasteiger partial charge in [-0.15, -0.1) is 0 Å². The summed E-state index contributed by atoms with van der Waals surface area (Å²) in [6, 6.07) is 7.88. The monoisotopic (exact) mass is 677 g/mol. The number of ether oxygens (including phenoxy) is 2. The van der Waals surface area contributed by atoms with Crippen molar-refractivity contribution in [3.63, 3.8) is 0 Å². The van der Waals surface area contributed by atoms with Crippen LogP contribution in [0.15, 0.2) is 54.6 Å². The fraction of sp³-hybridized carbons (Fsp3) is 0.641. The van der Waals surface area contributed by atoms with E-state index in [4.69, 9.17) is 9.47 Å². The summed E-state index contributed by atoms with van der Waals surface area (Å²) in [7, 11) is 1.72. The van der Waals surface area contributed by atoms with Gasteiger partial charge in [-0.25, -0.2) is 0 Å². The minimum absolute atomic E-state index is 0.0488. The lowest BCUT2D eigenvalue weighted by atomic mass is 9.74. The van der Waals surface area contributed by atoms with Crippen LogP contribution < -0.4 is 0 Å². The number of cyclic esters (lactones) is 1. The highest BCUT2D eigenvalue weighted by atomic mass is 16.6. The molecule has 3 amide bonds. The van der Waals surface area contributed by atoms with Crippen LogP contribution in [0, 0.1) is 17.3 Å². The Balaban J connectivity index is 1.61. The Morgan fingerprint density at radius 3 is 2.35 bits per heavy atom. The summed E-state index contributed by atoms with van der Waals surface area (Å²) < 4.78 is 13.0. The molecule has 49 heavy (non-hydrogen) atoms. The Morgan fingerprint density at radius 2 is 1.67 bits per heavy atom. The standard InChI is InChI=1S/C39H55N3O7/c1-26-32(27-17-11-8-12-18-27)48-36(47)30-28-20-21-39(49-28)31(30)34(45)41(22-14-10-16-24-43)33(39)35(46)42(38(5,6)25-37(2,3)4)23-15-9-13-19-29(44)40(26)7/h8-9,11-12,15,17-18,20-21,26,28,30-33,43H,10,13-14,16,19,22-25H2,1-7H3/b15-9-/t26-,28+,30-,31-,32+,33+,39-/m1/s1. The third kappa shape index (κ3) is 7.22. The molecule has 4 heterocycles. The van der Waals surface area contributed by atoms with Crippen LogP contribution in [0.25, 0.3) is 0 Å². The first kappa shape index (κ1) is 36.8. The second-order valence-electron chi connectivity index (χ2n) is 16.0. The molecule has 5 bridgehead atoms. The van der Waals surface area contributed by atoms with Crippen LogP contribution in [0.4, 0.5) is 0 Å². The number of unbranched alkanes of at least 4 members (excludes halogenated alkanes) is 2. The molecule has 2 saturated heterocycles. The zero-order valence-corrected chi connectivity index (χ0v) is 30.3. The topological polar surface area (TPSA) is 117 Å². The first-order valence-electron chi connectivity index (χ1n) is 17.9. The average molecular weight is 678 g/mol. The molecule has 1 spiro atoms. The van der Waals surface area contributed by atoms with Crippen molar-refractivity contribution in [2.75, 3.05) is 26.7 Å². The van der Waals surface area contributed by atoms with E-state index in [-0.39, 0.29) is 36.2 Å². The summed E-state index contributed by atoms with van der Waals surface area (Å²) >= 11 is 0. The number of likely N-dealkylation sites (tertiary alicyclic amines) is 1. The van der Waals surface area contributed by atoms with Gasteiger partial charge in [0.25, 0.3) is 0 Å². The molecule has 268 valence electrons. The molecule has 2 fully saturated rings. The van der Waals surface area contributed by atoms with Crippen molar-refractivity contribution in [3.05, 3.63) is 60.2 Å². The van der Waals surface area contributed by atoms with Crippen molar-refractivity contribution in [2.24, 2.45) is 17.3 Å². The number of carbonyl (C=O) groups excluding carboxylic acids is 4. The smallest absolute Gasteiger partial charge is 0.313 e. The van der Waals surface area contributed by atoms with Crippen LogP contribution >= 0.6 is 0 Å². The first-order valence-corrected chi connectivity index (χ1v) is 17.9. The van der Waals surface area contributed by atoms with Gasteiger partial charge in [-0.1, -0.05) is 75.4 Å². The lowest BCUT2D eigenvalue weighted by Gasteiger charge is -2.45. The van der Waals surface area contributed by atoms with E-state index in [1.807, 2.05) is 60.4 Å². The highest BCUT2D eigenvalue weighted by Crippen LogP contribution is 2.56.